The number of para-hydroxylation sites is 2. The molecule has 0 aliphatic rings. The maximum absolute atomic E-state index is 6.60. The fourth-order valence-electron chi connectivity index (χ4n) is 7.60. The van der Waals surface area contributed by atoms with E-state index in [4.69, 9.17) is 23.8 Å². The van der Waals surface area contributed by atoms with Crippen molar-refractivity contribution in [3.05, 3.63) is 158 Å². The Labute approximate surface area is 290 Å². The SMILES string of the molecule is c1ccc(-c2nc(-c3ccccc3)nc(-c3ccc4oc5ccc6oc7cccc(-n8c9ccccc9c9ccccc98)c7c6c5c4c3)n2)cc1. The van der Waals surface area contributed by atoms with Crippen LogP contribution < -0.4 is 0 Å². The molecule has 4 heterocycles. The van der Waals surface area contributed by atoms with Gasteiger partial charge in [0.15, 0.2) is 17.5 Å². The molecule has 0 saturated heterocycles. The molecule has 11 aromatic rings. The van der Waals surface area contributed by atoms with E-state index in [-0.39, 0.29) is 0 Å². The van der Waals surface area contributed by atoms with Gasteiger partial charge >= 0.3 is 0 Å². The number of benzene rings is 7. The van der Waals surface area contributed by atoms with Crippen LogP contribution in [0.25, 0.3) is 106 Å². The molecule has 11 rings (SSSR count). The van der Waals surface area contributed by atoms with E-state index in [2.05, 4.69) is 71.3 Å². The average molecular weight is 655 g/mol. The number of hydrogen-bond acceptors (Lipinski definition) is 5. The highest BCUT2D eigenvalue weighted by molar-refractivity contribution is 6.28. The minimum absolute atomic E-state index is 0.592. The second kappa shape index (κ2) is 10.7. The minimum Gasteiger partial charge on any atom is -0.456 e. The fourth-order valence-corrected chi connectivity index (χ4v) is 7.60. The van der Waals surface area contributed by atoms with Gasteiger partial charge in [-0.15, -0.1) is 0 Å². The first-order chi connectivity index (χ1) is 25.3. The zero-order chi connectivity index (χ0) is 33.5. The Bertz CT molecular complexity index is 3030. The van der Waals surface area contributed by atoms with Crippen molar-refractivity contribution in [2.75, 3.05) is 0 Å². The second-order valence-electron chi connectivity index (χ2n) is 12.8. The van der Waals surface area contributed by atoms with Crippen LogP contribution in [0.3, 0.4) is 0 Å². The molecule has 0 saturated carbocycles. The molecular formula is C45H26N4O2. The van der Waals surface area contributed by atoms with Gasteiger partial charge in [0.05, 0.1) is 22.1 Å². The van der Waals surface area contributed by atoms with Crippen LogP contribution in [-0.2, 0) is 0 Å². The number of hydrogen-bond donors (Lipinski definition) is 0. The Morgan fingerprint density at radius 1 is 0.353 bits per heavy atom. The van der Waals surface area contributed by atoms with Gasteiger partial charge in [-0.2, -0.15) is 0 Å². The number of nitrogens with zero attached hydrogens (tertiary/aromatic N) is 4. The van der Waals surface area contributed by atoms with E-state index in [9.17, 15) is 0 Å². The molecule has 0 bridgehead atoms. The average Bonchev–Trinajstić information content (AvgIpc) is 3.87. The number of rotatable bonds is 4. The predicted octanol–water partition coefficient (Wildman–Crippen LogP) is 11.8. The standard InChI is InChI=1S/C45H26N4O2/c1-3-12-27(13-4-1)43-46-44(28-14-5-2-6-15-28)48-45(47-43)29-22-23-36-32(26-29)40-38(50-36)24-25-39-42(40)41-35(20-11-21-37(41)51-39)49-33-18-9-7-16-30(33)31-17-8-10-19-34(31)49/h1-26H. The first-order valence-corrected chi connectivity index (χ1v) is 16.9. The van der Waals surface area contributed by atoms with Crippen LogP contribution in [0.15, 0.2) is 167 Å². The van der Waals surface area contributed by atoms with Crippen LogP contribution in [0.4, 0.5) is 0 Å². The summed E-state index contributed by atoms with van der Waals surface area (Å²) in [4.78, 5) is 14.9. The predicted molar refractivity (Wildman–Crippen MR) is 205 cm³/mol. The quantitative estimate of drug-likeness (QED) is 0.189. The van der Waals surface area contributed by atoms with E-state index in [1.807, 2.05) is 91.0 Å². The first kappa shape index (κ1) is 27.9. The van der Waals surface area contributed by atoms with E-state index < -0.39 is 0 Å². The van der Waals surface area contributed by atoms with Gasteiger partial charge in [0.2, 0.25) is 0 Å². The topological polar surface area (TPSA) is 69.9 Å². The summed E-state index contributed by atoms with van der Waals surface area (Å²) in [5.74, 6) is 1.83. The van der Waals surface area contributed by atoms with E-state index >= 15 is 0 Å². The Morgan fingerprint density at radius 3 is 1.51 bits per heavy atom. The van der Waals surface area contributed by atoms with Crippen molar-refractivity contribution in [3.8, 4) is 39.9 Å². The lowest BCUT2D eigenvalue weighted by molar-refractivity contribution is 0.663. The molecule has 6 nitrogen and oxygen atoms in total. The van der Waals surface area contributed by atoms with Gasteiger partial charge in [0.1, 0.15) is 22.3 Å². The van der Waals surface area contributed by atoms with Crippen LogP contribution in [-0.4, -0.2) is 19.5 Å². The molecule has 0 amide bonds. The van der Waals surface area contributed by atoms with Crippen molar-refractivity contribution in [1.29, 1.82) is 0 Å². The van der Waals surface area contributed by atoms with Gasteiger partial charge in [-0.3, -0.25) is 0 Å². The molecule has 0 atom stereocenters. The van der Waals surface area contributed by atoms with Gasteiger partial charge in [-0.1, -0.05) is 103 Å². The third-order valence-corrected chi connectivity index (χ3v) is 9.85. The summed E-state index contributed by atoms with van der Waals surface area (Å²) in [5.41, 5.74) is 9.26. The molecule has 0 fully saturated rings. The number of fused-ring (bicyclic) bond motifs is 10. The maximum atomic E-state index is 6.60. The summed E-state index contributed by atoms with van der Waals surface area (Å²) >= 11 is 0. The number of furan rings is 2. The Morgan fingerprint density at radius 2 is 0.863 bits per heavy atom. The zero-order valence-corrected chi connectivity index (χ0v) is 27.1. The van der Waals surface area contributed by atoms with Crippen molar-refractivity contribution >= 4 is 65.7 Å². The molecule has 0 radical (unpaired) electrons. The largest absolute Gasteiger partial charge is 0.456 e. The molecule has 0 spiro atoms. The Balaban J connectivity index is 1.20. The third kappa shape index (κ3) is 4.20. The molecule has 6 heteroatoms. The summed E-state index contributed by atoms with van der Waals surface area (Å²) in [5, 5.41) is 6.44. The summed E-state index contributed by atoms with van der Waals surface area (Å²) < 4.78 is 15.5. The van der Waals surface area contributed by atoms with Gasteiger partial charge in [0, 0.05) is 43.6 Å². The van der Waals surface area contributed by atoms with Crippen LogP contribution in [0.5, 0.6) is 0 Å². The molecule has 238 valence electrons. The monoisotopic (exact) mass is 654 g/mol. The molecule has 51 heavy (non-hydrogen) atoms. The smallest absolute Gasteiger partial charge is 0.164 e. The van der Waals surface area contributed by atoms with E-state index in [0.29, 0.717) is 17.5 Å². The first-order valence-electron chi connectivity index (χ1n) is 16.9. The highest BCUT2D eigenvalue weighted by Crippen LogP contribution is 2.44. The Hall–Kier alpha value is -7.05. The molecule has 0 unspecified atom stereocenters. The molecule has 7 aromatic carbocycles. The molecular weight excluding hydrogens is 629 g/mol. The van der Waals surface area contributed by atoms with Crippen LogP contribution in [0, 0.1) is 0 Å². The minimum atomic E-state index is 0.592. The second-order valence-corrected chi connectivity index (χ2v) is 12.8. The Kier molecular flexibility index (Phi) is 5.86. The van der Waals surface area contributed by atoms with Crippen molar-refractivity contribution in [2.24, 2.45) is 0 Å². The van der Waals surface area contributed by atoms with Gasteiger partial charge in [-0.25, -0.2) is 15.0 Å². The van der Waals surface area contributed by atoms with Gasteiger partial charge in [0.25, 0.3) is 0 Å². The molecule has 0 aliphatic carbocycles. The van der Waals surface area contributed by atoms with E-state index in [1.165, 1.54) is 10.8 Å². The lowest BCUT2D eigenvalue weighted by Crippen LogP contribution is -2.00. The maximum Gasteiger partial charge on any atom is 0.164 e. The lowest BCUT2D eigenvalue weighted by Gasteiger charge is -2.10. The normalized spacial score (nSPS) is 11.9. The molecule has 0 N–H and O–H groups in total. The number of aromatic nitrogens is 4. The fraction of sp³-hybridized carbons (Fsp3) is 0. The van der Waals surface area contributed by atoms with E-state index in [0.717, 1.165) is 77.3 Å². The lowest BCUT2D eigenvalue weighted by atomic mass is 10.0. The van der Waals surface area contributed by atoms with Gasteiger partial charge in [-0.05, 0) is 54.6 Å². The summed E-state index contributed by atoms with van der Waals surface area (Å²) in [6.45, 7) is 0. The van der Waals surface area contributed by atoms with Crippen molar-refractivity contribution < 1.29 is 8.83 Å². The summed E-state index contributed by atoms with van der Waals surface area (Å²) in [6.07, 6.45) is 0. The van der Waals surface area contributed by atoms with Crippen molar-refractivity contribution in [3.63, 3.8) is 0 Å². The zero-order valence-electron chi connectivity index (χ0n) is 27.1. The highest BCUT2D eigenvalue weighted by atomic mass is 16.3. The molecule has 4 aromatic heterocycles. The van der Waals surface area contributed by atoms with E-state index in [1.54, 1.807) is 0 Å². The third-order valence-electron chi connectivity index (χ3n) is 9.85. The van der Waals surface area contributed by atoms with Crippen molar-refractivity contribution in [1.82, 2.24) is 19.5 Å². The molecule has 0 aliphatic heterocycles. The van der Waals surface area contributed by atoms with Gasteiger partial charge < -0.3 is 13.4 Å². The van der Waals surface area contributed by atoms with Crippen LogP contribution in [0.1, 0.15) is 0 Å². The van der Waals surface area contributed by atoms with Crippen molar-refractivity contribution in [2.45, 2.75) is 0 Å². The summed E-state index contributed by atoms with van der Waals surface area (Å²) in [7, 11) is 0. The summed E-state index contributed by atoms with van der Waals surface area (Å²) in [6, 6.07) is 53.7. The highest BCUT2D eigenvalue weighted by Gasteiger charge is 2.22. The van der Waals surface area contributed by atoms with Crippen LogP contribution in [0.2, 0.25) is 0 Å². The van der Waals surface area contributed by atoms with Crippen LogP contribution >= 0.6 is 0 Å².